The summed E-state index contributed by atoms with van der Waals surface area (Å²) in [5.41, 5.74) is 2.37. The normalized spacial score (nSPS) is 20.7. The molecule has 1 aromatic heterocycles. The molecule has 1 saturated carbocycles. The second kappa shape index (κ2) is 7.03. The number of amides is 1. The third kappa shape index (κ3) is 3.78. The van der Waals surface area contributed by atoms with Gasteiger partial charge in [0.25, 0.3) is 0 Å². The van der Waals surface area contributed by atoms with Gasteiger partial charge in [0.1, 0.15) is 5.82 Å². The molecule has 1 unspecified atom stereocenters. The third-order valence-electron chi connectivity index (χ3n) is 5.54. The van der Waals surface area contributed by atoms with Crippen LogP contribution in [0.15, 0.2) is 36.5 Å². The molecule has 1 aliphatic carbocycles. The first kappa shape index (κ1) is 16.4. The van der Waals surface area contributed by atoms with Crippen molar-refractivity contribution in [3.63, 3.8) is 0 Å². The van der Waals surface area contributed by atoms with Crippen molar-refractivity contribution in [2.45, 2.75) is 51.5 Å². The molecule has 0 bridgehead atoms. The molecule has 25 heavy (non-hydrogen) atoms. The van der Waals surface area contributed by atoms with Gasteiger partial charge in [-0.25, -0.2) is 4.98 Å². The number of carbonyl (C=O) groups excluding carboxylic acids is 1. The molecule has 1 aromatic carbocycles. The van der Waals surface area contributed by atoms with Crippen LogP contribution in [0.3, 0.4) is 0 Å². The average Bonchev–Trinajstić information content (AvgIpc) is 3.41. The Balaban J connectivity index is 1.39. The molecule has 132 valence electrons. The Morgan fingerprint density at radius 1 is 1.20 bits per heavy atom. The third-order valence-corrected chi connectivity index (χ3v) is 5.54. The van der Waals surface area contributed by atoms with E-state index in [9.17, 15) is 4.79 Å². The van der Waals surface area contributed by atoms with Crippen molar-refractivity contribution in [3.05, 3.63) is 53.6 Å². The Bertz CT molecular complexity index is 733. The minimum atomic E-state index is 0.265. The van der Waals surface area contributed by atoms with E-state index in [4.69, 9.17) is 0 Å². The molecule has 1 amide bonds. The van der Waals surface area contributed by atoms with Crippen LogP contribution in [0.5, 0.6) is 0 Å². The molecule has 4 nitrogen and oxygen atoms in total. The molecule has 0 N–H and O–H groups in total. The van der Waals surface area contributed by atoms with Crippen molar-refractivity contribution in [2.75, 3.05) is 13.1 Å². The lowest BCUT2D eigenvalue weighted by Gasteiger charge is -2.33. The monoisotopic (exact) mass is 337 g/mol. The average molecular weight is 337 g/mol. The molecule has 0 spiro atoms. The highest BCUT2D eigenvalue weighted by molar-refractivity contribution is 5.78. The van der Waals surface area contributed by atoms with Gasteiger partial charge in [-0.2, -0.15) is 0 Å². The van der Waals surface area contributed by atoms with Crippen LogP contribution in [0.4, 0.5) is 0 Å². The van der Waals surface area contributed by atoms with Gasteiger partial charge in [-0.05, 0) is 44.1 Å². The Labute approximate surface area is 149 Å². The zero-order valence-corrected chi connectivity index (χ0v) is 15.0. The van der Waals surface area contributed by atoms with Gasteiger partial charge in [0.15, 0.2) is 0 Å². The first-order valence-electron chi connectivity index (χ1n) is 9.54. The quantitative estimate of drug-likeness (QED) is 0.837. The summed E-state index contributed by atoms with van der Waals surface area (Å²) < 4.78 is 2.41. The second-order valence-corrected chi connectivity index (χ2v) is 7.65. The molecule has 0 radical (unpaired) electrons. The summed E-state index contributed by atoms with van der Waals surface area (Å²) in [6.45, 7) is 4.95. The molecule has 2 fully saturated rings. The molecule has 2 aliphatic rings. The highest BCUT2D eigenvalue weighted by Gasteiger charge is 2.30. The van der Waals surface area contributed by atoms with Crippen LogP contribution >= 0.6 is 0 Å². The van der Waals surface area contributed by atoms with Crippen molar-refractivity contribution in [2.24, 2.45) is 5.92 Å². The molecule has 2 heterocycles. The summed E-state index contributed by atoms with van der Waals surface area (Å²) in [7, 11) is 0. The maximum absolute atomic E-state index is 12.7. The zero-order valence-electron chi connectivity index (χ0n) is 15.0. The minimum absolute atomic E-state index is 0.265. The first-order valence-corrected chi connectivity index (χ1v) is 9.54. The first-order chi connectivity index (χ1) is 12.2. The van der Waals surface area contributed by atoms with E-state index >= 15 is 0 Å². The fraction of sp³-hybridized carbons (Fsp3) is 0.524. The molecule has 4 rings (SSSR count). The Kier molecular flexibility index (Phi) is 4.60. The van der Waals surface area contributed by atoms with E-state index in [2.05, 4.69) is 21.4 Å². The summed E-state index contributed by atoms with van der Waals surface area (Å²) in [5.74, 6) is 2.75. The van der Waals surface area contributed by atoms with E-state index in [1.165, 1.54) is 30.8 Å². The van der Waals surface area contributed by atoms with Crippen LogP contribution in [0.2, 0.25) is 0 Å². The maximum atomic E-state index is 12.7. The van der Waals surface area contributed by atoms with Crippen molar-refractivity contribution in [1.29, 1.82) is 0 Å². The Morgan fingerprint density at radius 3 is 2.76 bits per heavy atom. The number of aromatic nitrogens is 2. The molecule has 1 aliphatic heterocycles. The van der Waals surface area contributed by atoms with Crippen LogP contribution in [0, 0.1) is 12.8 Å². The number of rotatable bonds is 5. The Morgan fingerprint density at radius 2 is 2.00 bits per heavy atom. The van der Waals surface area contributed by atoms with E-state index in [-0.39, 0.29) is 5.91 Å². The van der Waals surface area contributed by atoms with E-state index in [0.29, 0.717) is 18.3 Å². The largest absolute Gasteiger partial charge is 0.342 e. The topological polar surface area (TPSA) is 38.1 Å². The summed E-state index contributed by atoms with van der Waals surface area (Å²) in [4.78, 5) is 19.4. The number of imidazole rings is 1. The fourth-order valence-corrected chi connectivity index (χ4v) is 3.97. The van der Waals surface area contributed by atoms with Crippen LogP contribution in [0.1, 0.15) is 48.7 Å². The van der Waals surface area contributed by atoms with Crippen LogP contribution < -0.4 is 0 Å². The molecule has 1 atom stereocenters. The predicted octanol–water partition coefficient (Wildman–Crippen LogP) is 3.55. The van der Waals surface area contributed by atoms with Crippen molar-refractivity contribution >= 4 is 5.91 Å². The van der Waals surface area contributed by atoms with Gasteiger partial charge in [0, 0.05) is 37.4 Å². The predicted molar refractivity (Wildman–Crippen MR) is 98.4 cm³/mol. The number of carbonyl (C=O) groups is 1. The number of piperidine rings is 1. The van der Waals surface area contributed by atoms with Crippen molar-refractivity contribution in [3.8, 4) is 0 Å². The summed E-state index contributed by atoms with van der Waals surface area (Å²) in [6, 6.07) is 10.1. The lowest BCUT2D eigenvalue weighted by atomic mass is 9.97. The number of nitrogens with zero attached hydrogens (tertiary/aromatic N) is 3. The maximum Gasteiger partial charge on any atom is 0.226 e. The number of hydrogen-bond acceptors (Lipinski definition) is 2. The standard InChI is InChI=1S/C21H27N3O/c1-16-13-22-21(19-9-10-19)24(16)15-18-8-5-11-23(14-18)20(25)12-17-6-3-2-4-7-17/h2-4,6-7,13,18-19H,5,8-12,14-15H2,1H3. The van der Waals surface area contributed by atoms with Gasteiger partial charge >= 0.3 is 0 Å². The molecular formula is C21H27N3O. The van der Waals surface area contributed by atoms with Crippen LogP contribution in [0.25, 0.3) is 0 Å². The molecular weight excluding hydrogens is 310 g/mol. The van der Waals surface area contributed by atoms with E-state index in [1.807, 2.05) is 36.5 Å². The van der Waals surface area contributed by atoms with E-state index < -0.39 is 0 Å². The molecule has 2 aromatic rings. The summed E-state index contributed by atoms with van der Waals surface area (Å²) >= 11 is 0. The highest BCUT2D eigenvalue weighted by Crippen LogP contribution is 2.40. The molecule has 1 saturated heterocycles. The Hall–Kier alpha value is -2.10. The lowest BCUT2D eigenvalue weighted by Crippen LogP contribution is -2.42. The smallest absolute Gasteiger partial charge is 0.226 e. The van der Waals surface area contributed by atoms with Crippen LogP contribution in [-0.2, 0) is 17.8 Å². The lowest BCUT2D eigenvalue weighted by molar-refractivity contribution is -0.132. The van der Waals surface area contributed by atoms with Gasteiger partial charge in [0.2, 0.25) is 5.91 Å². The highest BCUT2D eigenvalue weighted by atomic mass is 16.2. The van der Waals surface area contributed by atoms with Gasteiger partial charge < -0.3 is 9.47 Å². The number of aryl methyl sites for hydroxylation is 1. The number of likely N-dealkylation sites (tertiary alicyclic amines) is 1. The van der Waals surface area contributed by atoms with E-state index in [0.717, 1.165) is 31.6 Å². The van der Waals surface area contributed by atoms with Gasteiger partial charge in [-0.15, -0.1) is 0 Å². The van der Waals surface area contributed by atoms with Crippen molar-refractivity contribution in [1.82, 2.24) is 14.5 Å². The molecule has 4 heteroatoms. The minimum Gasteiger partial charge on any atom is -0.342 e. The number of benzene rings is 1. The van der Waals surface area contributed by atoms with Gasteiger partial charge in [0.05, 0.1) is 6.42 Å². The van der Waals surface area contributed by atoms with Crippen molar-refractivity contribution < 1.29 is 4.79 Å². The second-order valence-electron chi connectivity index (χ2n) is 7.65. The van der Waals surface area contributed by atoms with Gasteiger partial charge in [-0.3, -0.25) is 4.79 Å². The fourth-order valence-electron chi connectivity index (χ4n) is 3.97. The SMILES string of the molecule is Cc1cnc(C2CC2)n1CC1CCCN(C(=O)Cc2ccccc2)C1. The van der Waals surface area contributed by atoms with Gasteiger partial charge in [-0.1, -0.05) is 30.3 Å². The summed E-state index contributed by atoms with van der Waals surface area (Å²) in [5, 5.41) is 0. The van der Waals surface area contributed by atoms with E-state index in [1.54, 1.807) is 0 Å². The van der Waals surface area contributed by atoms with Crippen LogP contribution in [-0.4, -0.2) is 33.4 Å². The zero-order chi connectivity index (χ0) is 17.2. The summed E-state index contributed by atoms with van der Waals surface area (Å²) in [6.07, 6.45) is 7.40. The number of hydrogen-bond donors (Lipinski definition) is 0.